The first-order valence-corrected chi connectivity index (χ1v) is 6.06. The second kappa shape index (κ2) is 5.75. The van der Waals surface area contributed by atoms with Crippen LogP contribution >= 0.6 is 11.8 Å². The third-order valence-electron chi connectivity index (χ3n) is 2.24. The maximum absolute atomic E-state index is 13.1. The molecule has 2 rings (SSSR count). The molecule has 0 aliphatic rings. The van der Waals surface area contributed by atoms with Gasteiger partial charge in [0, 0.05) is 24.2 Å². The fourth-order valence-electron chi connectivity index (χ4n) is 1.45. The molecule has 0 saturated heterocycles. The summed E-state index contributed by atoms with van der Waals surface area (Å²) in [6.07, 6.45) is 4.91. The molecule has 17 heavy (non-hydrogen) atoms. The van der Waals surface area contributed by atoms with Crippen LogP contribution in [0.4, 0.5) is 4.39 Å². The minimum absolute atomic E-state index is 0.0117. The molecule has 0 radical (unpaired) electrons. The van der Waals surface area contributed by atoms with Crippen molar-refractivity contribution in [2.45, 2.75) is 10.3 Å². The van der Waals surface area contributed by atoms with E-state index in [4.69, 9.17) is 5.73 Å². The van der Waals surface area contributed by atoms with E-state index in [1.807, 2.05) is 6.07 Å². The predicted molar refractivity (Wildman–Crippen MR) is 66.1 cm³/mol. The number of hydrogen-bond acceptors (Lipinski definition) is 4. The lowest BCUT2D eigenvalue weighted by molar-refractivity contribution is 0.625. The Hall–Kier alpha value is -1.46. The molecule has 0 fully saturated rings. The second-order valence-electron chi connectivity index (χ2n) is 3.44. The van der Waals surface area contributed by atoms with Crippen molar-refractivity contribution in [1.82, 2.24) is 9.97 Å². The number of halogens is 1. The van der Waals surface area contributed by atoms with E-state index in [9.17, 15) is 4.39 Å². The first-order valence-electron chi connectivity index (χ1n) is 5.18. The molecule has 3 nitrogen and oxygen atoms in total. The second-order valence-corrected chi connectivity index (χ2v) is 4.66. The Morgan fingerprint density at radius 2 is 2.24 bits per heavy atom. The molecule has 0 spiro atoms. The van der Waals surface area contributed by atoms with Gasteiger partial charge in [-0.15, -0.1) is 0 Å². The Morgan fingerprint density at radius 1 is 1.35 bits per heavy atom. The van der Waals surface area contributed by atoms with Crippen LogP contribution in [-0.2, 0) is 0 Å². The molecular formula is C12H12FN3S. The minimum Gasteiger partial charge on any atom is -0.329 e. The summed E-state index contributed by atoms with van der Waals surface area (Å²) in [6, 6.07) is 6.47. The Labute approximate surface area is 103 Å². The zero-order valence-electron chi connectivity index (χ0n) is 9.08. The Bertz CT molecular complexity index is 478. The normalized spacial score (nSPS) is 12.4. The third-order valence-corrected chi connectivity index (χ3v) is 3.44. The van der Waals surface area contributed by atoms with Gasteiger partial charge < -0.3 is 5.73 Å². The monoisotopic (exact) mass is 249 g/mol. The Morgan fingerprint density at radius 3 is 2.88 bits per heavy atom. The molecule has 0 aliphatic heterocycles. The van der Waals surface area contributed by atoms with Crippen LogP contribution in [0.3, 0.4) is 0 Å². The van der Waals surface area contributed by atoms with Gasteiger partial charge in [0.25, 0.3) is 0 Å². The molecule has 1 unspecified atom stereocenters. The van der Waals surface area contributed by atoms with Gasteiger partial charge in [0.15, 0.2) is 0 Å². The van der Waals surface area contributed by atoms with Crippen molar-refractivity contribution in [3.05, 3.63) is 54.2 Å². The van der Waals surface area contributed by atoms with Crippen molar-refractivity contribution in [2.24, 2.45) is 5.73 Å². The lowest BCUT2D eigenvalue weighted by Gasteiger charge is -2.13. The van der Waals surface area contributed by atoms with E-state index in [1.54, 1.807) is 24.7 Å². The van der Waals surface area contributed by atoms with E-state index in [0.29, 0.717) is 6.54 Å². The lowest BCUT2D eigenvalue weighted by Crippen LogP contribution is -2.09. The van der Waals surface area contributed by atoms with Gasteiger partial charge in [0.05, 0.1) is 6.20 Å². The van der Waals surface area contributed by atoms with E-state index in [-0.39, 0.29) is 11.1 Å². The molecule has 2 aromatic rings. The quantitative estimate of drug-likeness (QED) is 0.845. The highest BCUT2D eigenvalue weighted by molar-refractivity contribution is 7.99. The van der Waals surface area contributed by atoms with Crippen LogP contribution < -0.4 is 5.73 Å². The molecule has 1 aromatic carbocycles. The van der Waals surface area contributed by atoms with Crippen LogP contribution in [-0.4, -0.2) is 16.5 Å². The third kappa shape index (κ3) is 3.25. The fourth-order valence-corrected chi connectivity index (χ4v) is 2.36. The SMILES string of the molecule is NCC(Sc1cnccn1)c1cccc(F)c1. The molecule has 0 amide bonds. The molecule has 1 atom stereocenters. The number of nitrogens with two attached hydrogens (primary N) is 1. The maximum Gasteiger partial charge on any atom is 0.123 e. The van der Waals surface area contributed by atoms with Gasteiger partial charge in [-0.25, -0.2) is 9.37 Å². The minimum atomic E-state index is -0.249. The molecule has 0 bridgehead atoms. The average molecular weight is 249 g/mol. The van der Waals surface area contributed by atoms with E-state index in [2.05, 4.69) is 9.97 Å². The van der Waals surface area contributed by atoms with E-state index >= 15 is 0 Å². The zero-order chi connectivity index (χ0) is 12.1. The molecule has 1 aromatic heterocycles. The first kappa shape index (κ1) is 12.0. The number of hydrogen-bond donors (Lipinski definition) is 1. The molecule has 5 heteroatoms. The lowest BCUT2D eigenvalue weighted by atomic mass is 10.1. The van der Waals surface area contributed by atoms with Gasteiger partial charge in [0.1, 0.15) is 10.8 Å². The number of nitrogens with zero attached hydrogens (tertiary/aromatic N) is 2. The molecule has 88 valence electrons. The van der Waals surface area contributed by atoms with Crippen LogP contribution in [0.1, 0.15) is 10.8 Å². The largest absolute Gasteiger partial charge is 0.329 e. The van der Waals surface area contributed by atoms with Crippen LogP contribution in [0.2, 0.25) is 0 Å². The summed E-state index contributed by atoms with van der Waals surface area (Å²) >= 11 is 1.49. The highest BCUT2D eigenvalue weighted by atomic mass is 32.2. The van der Waals surface area contributed by atoms with Gasteiger partial charge in [-0.3, -0.25) is 4.98 Å². The number of rotatable bonds is 4. The summed E-state index contributed by atoms with van der Waals surface area (Å²) in [6.45, 7) is 0.421. The summed E-state index contributed by atoms with van der Waals surface area (Å²) in [7, 11) is 0. The standard InChI is InChI=1S/C12H12FN3S/c13-10-3-1-2-9(6-10)11(7-14)17-12-8-15-4-5-16-12/h1-6,8,11H,7,14H2. The summed E-state index contributed by atoms with van der Waals surface area (Å²) in [5, 5.41) is 0.773. The van der Waals surface area contributed by atoms with Crippen molar-refractivity contribution >= 4 is 11.8 Å². The van der Waals surface area contributed by atoms with Gasteiger partial charge >= 0.3 is 0 Å². The highest BCUT2D eigenvalue weighted by Crippen LogP contribution is 2.32. The fraction of sp³-hybridized carbons (Fsp3) is 0.167. The van der Waals surface area contributed by atoms with Gasteiger partial charge in [-0.05, 0) is 17.7 Å². The molecule has 0 aliphatic carbocycles. The van der Waals surface area contributed by atoms with Crippen LogP contribution in [0.5, 0.6) is 0 Å². The highest BCUT2D eigenvalue weighted by Gasteiger charge is 2.12. The average Bonchev–Trinajstić information content (AvgIpc) is 2.37. The van der Waals surface area contributed by atoms with E-state index < -0.39 is 0 Å². The summed E-state index contributed by atoms with van der Waals surface area (Å²) in [5.41, 5.74) is 6.58. The molecule has 0 saturated carbocycles. The number of thioether (sulfide) groups is 1. The van der Waals surface area contributed by atoms with Gasteiger partial charge in [-0.2, -0.15) is 0 Å². The van der Waals surface area contributed by atoms with Crippen molar-refractivity contribution in [2.75, 3.05) is 6.54 Å². The Kier molecular flexibility index (Phi) is 4.06. The van der Waals surface area contributed by atoms with E-state index in [0.717, 1.165) is 10.6 Å². The molecule has 2 N–H and O–H groups in total. The zero-order valence-corrected chi connectivity index (χ0v) is 9.90. The van der Waals surface area contributed by atoms with Gasteiger partial charge in [-0.1, -0.05) is 23.9 Å². The van der Waals surface area contributed by atoms with E-state index in [1.165, 1.54) is 23.9 Å². The van der Waals surface area contributed by atoms with Crippen molar-refractivity contribution in [3.8, 4) is 0 Å². The molecule has 1 heterocycles. The molecular weight excluding hydrogens is 237 g/mol. The first-order chi connectivity index (χ1) is 8.29. The van der Waals surface area contributed by atoms with Crippen molar-refractivity contribution in [1.29, 1.82) is 0 Å². The number of aromatic nitrogens is 2. The van der Waals surface area contributed by atoms with Crippen molar-refractivity contribution in [3.63, 3.8) is 0 Å². The maximum atomic E-state index is 13.1. The van der Waals surface area contributed by atoms with Crippen LogP contribution in [0.15, 0.2) is 47.9 Å². The summed E-state index contributed by atoms with van der Waals surface area (Å²) in [4.78, 5) is 8.15. The van der Waals surface area contributed by atoms with Gasteiger partial charge in [0.2, 0.25) is 0 Å². The topological polar surface area (TPSA) is 51.8 Å². The Balaban J connectivity index is 2.17. The summed E-state index contributed by atoms with van der Waals surface area (Å²) < 4.78 is 13.1. The van der Waals surface area contributed by atoms with Crippen LogP contribution in [0.25, 0.3) is 0 Å². The van der Waals surface area contributed by atoms with Crippen LogP contribution in [0, 0.1) is 5.82 Å². The summed E-state index contributed by atoms with van der Waals surface area (Å²) in [5.74, 6) is -0.249. The van der Waals surface area contributed by atoms with Crippen molar-refractivity contribution < 1.29 is 4.39 Å². The number of benzene rings is 1. The predicted octanol–water partition coefficient (Wildman–Crippen LogP) is 2.41. The smallest absolute Gasteiger partial charge is 0.123 e.